The minimum Gasteiger partial charge on any atom is -0.494 e. The fourth-order valence-electron chi connectivity index (χ4n) is 5.08. The summed E-state index contributed by atoms with van der Waals surface area (Å²) in [6.07, 6.45) is 10.0. The molecule has 0 aromatic heterocycles. The van der Waals surface area contributed by atoms with E-state index < -0.39 is 0 Å². The second-order valence-corrected chi connectivity index (χ2v) is 8.93. The van der Waals surface area contributed by atoms with Crippen molar-refractivity contribution in [2.24, 2.45) is 0 Å². The molecule has 3 fully saturated rings. The van der Waals surface area contributed by atoms with E-state index >= 15 is 0 Å². The fourth-order valence-corrected chi connectivity index (χ4v) is 5.08. The number of hydrogen-bond acceptors (Lipinski definition) is 4. The molecule has 0 aliphatic carbocycles. The van der Waals surface area contributed by atoms with Gasteiger partial charge in [-0.05, 0) is 95.4 Å². The van der Waals surface area contributed by atoms with Crippen molar-refractivity contribution >= 4 is 5.91 Å². The van der Waals surface area contributed by atoms with Crippen molar-refractivity contribution in [1.82, 2.24) is 14.7 Å². The first-order valence-corrected chi connectivity index (χ1v) is 11.8. The Morgan fingerprint density at radius 1 is 0.862 bits per heavy atom. The number of nitrogens with zero attached hydrogens (tertiary/aromatic N) is 3. The van der Waals surface area contributed by atoms with Gasteiger partial charge in [0.2, 0.25) is 0 Å². The van der Waals surface area contributed by atoms with Gasteiger partial charge < -0.3 is 19.4 Å². The minimum absolute atomic E-state index is 0.184. The molecule has 3 aliphatic heterocycles. The average molecular weight is 400 g/mol. The molecule has 5 nitrogen and oxygen atoms in total. The number of ether oxygens (including phenoxy) is 1. The summed E-state index contributed by atoms with van der Waals surface area (Å²) >= 11 is 0. The number of hydrogen-bond donors (Lipinski definition) is 0. The number of likely N-dealkylation sites (tertiary alicyclic amines) is 3. The Hall–Kier alpha value is -1.59. The molecule has 5 heteroatoms. The van der Waals surface area contributed by atoms with Crippen LogP contribution in [0.25, 0.3) is 0 Å². The minimum atomic E-state index is 0.184. The zero-order valence-corrected chi connectivity index (χ0v) is 17.9. The van der Waals surface area contributed by atoms with Crippen molar-refractivity contribution < 1.29 is 9.53 Å². The van der Waals surface area contributed by atoms with Gasteiger partial charge >= 0.3 is 0 Å². The highest BCUT2D eigenvalue weighted by Gasteiger charge is 2.31. The van der Waals surface area contributed by atoms with Crippen LogP contribution in [0.1, 0.15) is 61.7 Å². The lowest BCUT2D eigenvalue weighted by Gasteiger charge is -2.28. The smallest absolute Gasteiger partial charge is 0.254 e. The number of carbonyl (C=O) groups excluding carboxylic acids is 1. The molecule has 3 aliphatic rings. The van der Waals surface area contributed by atoms with Crippen molar-refractivity contribution in [1.29, 1.82) is 0 Å². The maximum atomic E-state index is 13.0. The van der Waals surface area contributed by atoms with E-state index in [1.54, 1.807) is 0 Å². The van der Waals surface area contributed by atoms with E-state index in [2.05, 4.69) is 14.7 Å². The number of piperidine rings is 1. The van der Waals surface area contributed by atoms with Crippen molar-refractivity contribution in [2.45, 2.75) is 57.4 Å². The standard InChI is InChI=1S/C24H37N3O2/c28-24(27-18-6-8-22(27)20-26-15-4-5-16-26)21-9-11-23(12-10-21)29-19-7-17-25-13-2-1-3-14-25/h9-12,22H,1-8,13-20H2/t22-/m0/s1. The van der Waals surface area contributed by atoms with Gasteiger partial charge in [-0.15, -0.1) is 0 Å². The van der Waals surface area contributed by atoms with Gasteiger partial charge in [-0.3, -0.25) is 4.79 Å². The van der Waals surface area contributed by atoms with Crippen LogP contribution < -0.4 is 4.74 Å². The lowest BCUT2D eigenvalue weighted by Crippen LogP contribution is -2.42. The topological polar surface area (TPSA) is 36.0 Å². The first-order valence-electron chi connectivity index (χ1n) is 11.8. The molecule has 0 radical (unpaired) electrons. The first-order chi connectivity index (χ1) is 14.3. The molecule has 1 aromatic rings. The van der Waals surface area contributed by atoms with Crippen LogP contribution in [0.4, 0.5) is 0 Å². The molecule has 160 valence electrons. The van der Waals surface area contributed by atoms with Gasteiger partial charge in [0.05, 0.1) is 6.61 Å². The van der Waals surface area contributed by atoms with Crippen LogP contribution in [0.2, 0.25) is 0 Å². The summed E-state index contributed by atoms with van der Waals surface area (Å²) in [6.45, 7) is 8.69. The molecule has 0 spiro atoms. The highest BCUT2D eigenvalue weighted by atomic mass is 16.5. The van der Waals surface area contributed by atoms with E-state index in [9.17, 15) is 4.79 Å². The second-order valence-electron chi connectivity index (χ2n) is 8.93. The Morgan fingerprint density at radius 2 is 1.55 bits per heavy atom. The Morgan fingerprint density at radius 3 is 2.31 bits per heavy atom. The zero-order valence-electron chi connectivity index (χ0n) is 17.9. The van der Waals surface area contributed by atoms with Crippen LogP contribution in [0.3, 0.4) is 0 Å². The van der Waals surface area contributed by atoms with Gasteiger partial charge in [0.1, 0.15) is 5.75 Å². The molecule has 0 saturated carbocycles. The van der Waals surface area contributed by atoms with Gasteiger partial charge in [-0.1, -0.05) is 6.42 Å². The van der Waals surface area contributed by atoms with Crippen molar-refractivity contribution in [3.8, 4) is 5.75 Å². The van der Waals surface area contributed by atoms with Gasteiger partial charge in [-0.25, -0.2) is 0 Å². The summed E-state index contributed by atoms with van der Waals surface area (Å²) in [7, 11) is 0. The number of rotatable bonds is 8. The number of carbonyl (C=O) groups is 1. The Kier molecular flexibility index (Phi) is 7.44. The predicted molar refractivity (Wildman–Crippen MR) is 117 cm³/mol. The molecule has 29 heavy (non-hydrogen) atoms. The third-order valence-electron chi connectivity index (χ3n) is 6.74. The van der Waals surface area contributed by atoms with Gasteiger partial charge in [0.25, 0.3) is 5.91 Å². The van der Waals surface area contributed by atoms with Crippen LogP contribution in [-0.2, 0) is 0 Å². The summed E-state index contributed by atoms with van der Waals surface area (Å²) < 4.78 is 5.91. The maximum absolute atomic E-state index is 13.0. The van der Waals surface area contributed by atoms with Gasteiger partial charge in [0.15, 0.2) is 0 Å². The van der Waals surface area contributed by atoms with Crippen LogP contribution in [0.15, 0.2) is 24.3 Å². The normalized spacial score (nSPS) is 23.6. The van der Waals surface area contributed by atoms with E-state index in [-0.39, 0.29) is 5.91 Å². The van der Waals surface area contributed by atoms with Crippen molar-refractivity contribution in [3.63, 3.8) is 0 Å². The third-order valence-corrected chi connectivity index (χ3v) is 6.74. The Labute approximate surface area is 176 Å². The molecule has 1 amide bonds. The molecular formula is C24H37N3O2. The summed E-state index contributed by atoms with van der Waals surface area (Å²) in [5.41, 5.74) is 0.791. The number of benzene rings is 1. The van der Waals surface area contributed by atoms with Crippen LogP contribution in [-0.4, -0.2) is 79.1 Å². The summed E-state index contributed by atoms with van der Waals surface area (Å²) in [6, 6.07) is 8.17. The maximum Gasteiger partial charge on any atom is 0.254 e. The third kappa shape index (κ3) is 5.73. The predicted octanol–water partition coefficient (Wildman–Crippen LogP) is 3.64. The van der Waals surface area contributed by atoms with E-state index in [0.29, 0.717) is 6.04 Å². The first kappa shape index (κ1) is 20.7. The lowest BCUT2D eigenvalue weighted by molar-refractivity contribution is 0.0708. The zero-order chi connectivity index (χ0) is 19.9. The summed E-state index contributed by atoms with van der Waals surface area (Å²) in [5.74, 6) is 1.05. The molecule has 0 N–H and O–H groups in total. The Bertz CT molecular complexity index is 636. The molecule has 3 saturated heterocycles. The highest BCUT2D eigenvalue weighted by molar-refractivity contribution is 5.94. The van der Waals surface area contributed by atoms with Crippen LogP contribution in [0.5, 0.6) is 5.75 Å². The SMILES string of the molecule is O=C(c1ccc(OCCCN2CCCCC2)cc1)N1CCC[C@H]1CN1CCCC1. The lowest BCUT2D eigenvalue weighted by atomic mass is 10.1. The van der Waals surface area contributed by atoms with E-state index in [4.69, 9.17) is 4.74 Å². The molecule has 0 unspecified atom stereocenters. The monoisotopic (exact) mass is 399 g/mol. The molecule has 1 aromatic carbocycles. The summed E-state index contributed by atoms with van der Waals surface area (Å²) in [5, 5.41) is 0. The van der Waals surface area contributed by atoms with Gasteiger partial charge in [-0.2, -0.15) is 0 Å². The number of amides is 1. The second kappa shape index (κ2) is 10.4. The van der Waals surface area contributed by atoms with Crippen LogP contribution in [0, 0.1) is 0 Å². The van der Waals surface area contributed by atoms with E-state index in [1.807, 2.05) is 24.3 Å². The molecule has 3 heterocycles. The molecule has 4 rings (SSSR count). The van der Waals surface area contributed by atoms with E-state index in [1.165, 1.54) is 58.3 Å². The van der Waals surface area contributed by atoms with E-state index in [0.717, 1.165) is 56.8 Å². The van der Waals surface area contributed by atoms with Crippen LogP contribution >= 0.6 is 0 Å². The summed E-state index contributed by atoms with van der Waals surface area (Å²) in [4.78, 5) is 20.2. The highest BCUT2D eigenvalue weighted by Crippen LogP contribution is 2.23. The average Bonchev–Trinajstić information content (AvgIpc) is 3.44. The molecule has 0 bridgehead atoms. The Balaban J connectivity index is 1.23. The molecule has 1 atom stereocenters. The van der Waals surface area contributed by atoms with Gasteiger partial charge in [0, 0.05) is 31.2 Å². The van der Waals surface area contributed by atoms with Crippen molar-refractivity contribution in [3.05, 3.63) is 29.8 Å². The fraction of sp³-hybridized carbons (Fsp3) is 0.708. The van der Waals surface area contributed by atoms with Crippen molar-refractivity contribution in [2.75, 3.05) is 52.4 Å². The quantitative estimate of drug-likeness (QED) is 0.625. The largest absolute Gasteiger partial charge is 0.494 e. The molecular weight excluding hydrogens is 362 g/mol.